The molecule has 41 heavy (non-hydrogen) atoms. The largest absolute Gasteiger partial charge is 0.477 e. The third kappa shape index (κ3) is 6.03. The van der Waals surface area contributed by atoms with E-state index in [9.17, 15) is 26.4 Å². The monoisotopic (exact) mass is 610 g/mol. The van der Waals surface area contributed by atoms with Crippen LogP contribution in [-0.2, 0) is 20.9 Å². The Morgan fingerprint density at radius 3 is 2.44 bits per heavy atom. The minimum Gasteiger partial charge on any atom is -0.477 e. The number of hydrogen-bond donors (Lipinski definition) is 1. The van der Waals surface area contributed by atoms with Crippen LogP contribution >= 0.6 is 0 Å². The summed E-state index contributed by atoms with van der Waals surface area (Å²) in [6.07, 6.45) is -0.473. The van der Waals surface area contributed by atoms with E-state index >= 15 is 0 Å². The average Bonchev–Trinajstić information content (AvgIpc) is 3.47. The highest BCUT2D eigenvalue weighted by molar-refractivity contribution is 7.96. The Morgan fingerprint density at radius 1 is 1.12 bits per heavy atom. The first-order valence-corrected chi connectivity index (χ1v) is 16.4. The zero-order valence-electron chi connectivity index (χ0n) is 22.8. The van der Waals surface area contributed by atoms with Crippen molar-refractivity contribution in [3.63, 3.8) is 0 Å². The third-order valence-electron chi connectivity index (χ3n) is 7.41. The smallest absolute Gasteiger partial charge is 0.394 e. The molecule has 9 nitrogen and oxygen atoms in total. The molecule has 0 spiro atoms. The molecule has 0 bridgehead atoms. The molecule has 1 amide bonds. The number of pyridine rings is 1. The minimum absolute atomic E-state index is 0.0107. The molecule has 0 radical (unpaired) electrons. The fourth-order valence-electron chi connectivity index (χ4n) is 4.94. The normalized spacial score (nSPS) is 19.7. The first-order valence-electron chi connectivity index (χ1n) is 13.0. The molecule has 2 fully saturated rings. The van der Waals surface area contributed by atoms with E-state index in [0.717, 1.165) is 5.75 Å². The number of benzene rings is 1. The van der Waals surface area contributed by atoms with E-state index in [2.05, 4.69) is 16.1 Å². The second-order valence-electron chi connectivity index (χ2n) is 11.1. The van der Waals surface area contributed by atoms with Crippen molar-refractivity contribution in [1.82, 2.24) is 19.5 Å². The first-order chi connectivity index (χ1) is 19.2. The quantitative estimate of drug-likeness (QED) is 0.360. The van der Waals surface area contributed by atoms with Gasteiger partial charge in [-0.3, -0.25) is 4.79 Å². The highest BCUT2D eigenvalue weighted by atomic mass is 32.2. The van der Waals surface area contributed by atoms with Gasteiger partial charge in [0, 0.05) is 23.2 Å². The summed E-state index contributed by atoms with van der Waals surface area (Å²) in [6, 6.07) is 12.2. The second kappa shape index (κ2) is 10.5. The lowest BCUT2D eigenvalue weighted by Gasteiger charge is -2.29. The second-order valence-corrected chi connectivity index (χ2v) is 14.9. The Bertz CT molecular complexity index is 1540. The van der Waals surface area contributed by atoms with Gasteiger partial charge >= 0.3 is 6.18 Å². The maximum Gasteiger partial charge on any atom is 0.394 e. The number of carbonyl (C=O) groups excluding carboxylic acids is 1. The lowest BCUT2D eigenvalue weighted by atomic mass is 10.0. The summed E-state index contributed by atoms with van der Waals surface area (Å²) >= 11 is 0. The van der Waals surface area contributed by atoms with Gasteiger partial charge in [0.15, 0.2) is 11.7 Å². The number of ether oxygens (including phenoxy) is 1. The molecule has 1 unspecified atom stereocenters. The molecule has 3 heterocycles. The third-order valence-corrected chi connectivity index (χ3v) is 10.7. The number of alkyl halides is 3. The lowest BCUT2D eigenvalue weighted by Crippen LogP contribution is -2.42. The SMILES string of the molecule is C[S+]1CN(c2nc(-n3ccc(OCCC4(C(F)(F)F)CC4)n3)ccc2C(=O)NS(=O)(=O)c2ccccc2)C(C)(C)C1. The molecule has 1 aliphatic heterocycles. The van der Waals surface area contributed by atoms with Crippen molar-refractivity contribution in [1.29, 1.82) is 0 Å². The summed E-state index contributed by atoms with van der Waals surface area (Å²) in [5.41, 5.74) is -1.92. The standard InChI is InChI=1S/C27H30F3N5O4S2/c1-25(2)17-40(3)18-34(25)23-20(24(36)33-41(37,38)19-7-5-4-6-8-19)9-10-21(31-23)35-15-11-22(32-35)39-16-14-26(12-13-26)27(28,29)30/h4-11,15H,12-14,16-18H2,1-3H3/p+1. The van der Waals surface area contributed by atoms with E-state index in [1.54, 1.807) is 24.4 Å². The highest BCUT2D eigenvalue weighted by Gasteiger charge is 2.62. The van der Waals surface area contributed by atoms with Crippen LogP contribution in [0.25, 0.3) is 5.82 Å². The Kier molecular flexibility index (Phi) is 7.51. The summed E-state index contributed by atoms with van der Waals surface area (Å²) in [5.74, 6) is 1.47. The van der Waals surface area contributed by atoms with Crippen molar-refractivity contribution >= 4 is 32.6 Å². The predicted molar refractivity (Wildman–Crippen MR) is 150 cm³/mol. The van der Waals surface area contributed by atoms with Crippen molar-refractivity contribution < 1.29 is 31.1 Å². The van der Waals surface area contributed by atoms with Crippen LogP contribution in [0, 0.1) is 5.41 Å². The average molecular weight is 611 g/mol. The molecule has 2 aromatic heterocycles. The zero-order valence-corrected chi connectivity index (χ0v) is 24.4. The number of hydrogen-bond acceptors (Lipinski definition) is 7. The van der Waals surface area contributed by atoms with Gasteiger partial charge in [0.25, 0.3) is 15.9 Å². The van der Waals surface area contributed by atoms with E-state index in [4.69, 9.17) is 9.72 Å². The number of carbonyl (C=O) groups is 1. The molecule has 1 saturated carbocycles. The molecule has 5 rings (SSSR count). The fourth-order valence-corrected chi connectivity index (χ4v) is 8.30. The predicted octanol–water partition coefficient (Wildman–Crippen LogP) is 4.30. The first kappa shape index (κ1) is 29.2. The number of anilines is 1. The number of aromatic nitrogens is 3. The van der Waals surface area contributed by atoms with Crippen molar-refractivity contribution in [3.8, 4) is 11.7 Å². The molecule has 1 saturated heterocycles. The van der Waals surface area contributed by atoms with E-state index < -0.39 is 27.5 Å². The van der Waals surface area contributed by atoms with Crippen LogP contribution in [-0.4, -0.2) is 65.3 Å². The van der Waals surface area contributed by atoms with E-state index in [-0.39, 0.29) is 58.6 Å². The summed E-state index contributed by atoms with van der Waals surface area (Å²) in [6.45, 7) is 3.95. The summed E-state index contributed by atoms with van der Waals surface area (Å²) in [7, 11) is -4.11. The molecule has 1 atom stereocenters. The molecule has 3 aromatic rings. The maximum absolute atomic E-state index is 13.4. The number of nitrogens with one attached hydrogen (secondary N) is 1. The van der Waals surface area contributed by atoms with Gasteiger partial charge < -0.3 is 9.64 Å². The van der Waals surface area contributed by atoms with Crippen LogP contribution in [0.3, 0.4) is 0 Å². The summed E-state index contributed by atoms with van der Waals surface area (Å²) in [4.78, 5) is 20.0. The van der Waals surface area contributed by atoms with Crippen molar-refractivity contribution in [2.75, 3.05) is 29.4 Å². The topological polar surface area (TPSA) is 106 Å². The Morgan fingerprint density at radius 2 is 1.83 bits per heavy atom. The fraction of sp³-hybridized carbons (Fsp3) is 0.444. The van der Waals surface area contributed by atoms with Gasteiger partial charge in [0.2, 0.25) is 5.88 Å². The molecule has 1 aromatic carbocycles. The van der Waals surface area contributed by atoms with Crippen LogP contribution in [0.4, 0.5) is 19.0 Å². The summed E-state index contributed by atoms with van der Waals surface area (Å²) < 4.78 is 74.4. The number of rotatable bonds is 9. The van der Waals surface area contributed by atoms with Crippen LogP contribution < -0.4 is 14.4 Å². The van der Waals surface area contributed by atoms with Crippen LogP contribution in [0.1, 0.15) is 43.5 Å². The molecule has 14 heteroatoms. The van der Waals surface area contributed by atoms with Gasteiger partial charge in [-0.2, -0.15) is 13.2 Å². The molecule has 220 valence electrons. The van der Waals surface area contributed by atoms with Crippen LogP contribution in [0.15, 0.2) is 59.6 Å². The number of amides is 1. The van der Waals surface area contributed by atoms with E-state index in [1.165, 1.54) is 35.0 Å². The van der Waals surface area contributed by atoms with Crippen molar-refractivity contribution in [3.05, 3.63) is 60.3 Å². The molecular formula is C27H31F3N5O4S2+. The maximum atomic E-state index is 13.4. The van der Waals surface area contributed by atoms with Crippen molar-refractivity contribution in [2.45, 2.75) is 49.7 Å². The van der Waals surface area contributed by atoms with Gasteiger partial charge in [0.1, 0.15) is 11.6 Å². The number of nitrogens with zero attached hydrogens (tertiary/aromatic N) is 4. The zero-order chi connectivity index (χ0) is 29.6. The van der Waals surface area contributed by atoms with Gasteiger partial charge in [-0.15, -0.1) is 5.10 Å². The molecule has 1 N–H and O–H groups in total. The van der Waals surface area contributed by atoms with E-state index in [0.29, 0.717) is 17.5 Å². The number of halogens is 3. The minimum atomic E-state index is -4.24. The van der Waals surface area contributed by atoms with Crippen LogP contribution in [0.5, 0.6) is 5.88 Å². The Labute approximate surface area is 239 Å². The van der Waals surface area contributed by atoms with Crippen LogP contribution in [0.2, 0.25) is 0 Å². The van der Waals surface area contributed by atoms with E-state index in [1.807, 2.05) is 18.7 Å². The summed E-state index contributed by atoms with van der Waals surface area (Å²) in [5, 5.41) is 4.31. The van der Waals surface area contributed by atoms with Crippen molar-refractivity contribution in [2.24, 2.45) is 5.41 Å². The van der Waals surface area contributed by atoms with Gasteiger partial charge in [0.05, 0.1) is 34.3 Å². The van der Waals surface area contributed by atoms with Gasteiger partial charge in [-0.05, 0) is 57.4 Å². The highest BCUT2D eigenvalue weighted by Crippen LogP contribution is 2.59. The van der Waals surface area contributed by atoms with Gasteiger partial charge in [-0.25, -0.2) is 22.8 Å². The Balaban J connectivity index is 1.40. The lowest BCUT2D eigenvalue weighted by molar-refractivity contribution is -0.190. The van der Waals surface area contributed by atoms with Gasteiger partial charge in [-0.1, -0.05) is 18.2 Å². The molecular weight excluding hydrogens is 579 g/mol. The number of sulfonamides is 1. The Hall–Kier alpha value is -3.26. The molecule has 2 aliphatic rings. The molecule has 1 aliphatic carbocycles.